The highest BCUT2D eigenvalue weighted by atomic mass is 19.5. The summed E-state index contributed by atoms with van der Waals surface area (Å²) in [5.74, 6) is 0. The lowest BCUT2D eigenvalue weighted by molar-refractivity contribution is -0.828. The van der Waals surface area contributed by atoms with Crippen LogP contribution in [0, 0.1) is 0 Å². The van der Waals surface area contributed by atoms with Crippen LogP contribution in [0.5, 0.6) is 0 Å². The fourth-order valence-corrected chi connectivity index (χ4v) is 2.42. The van der Waals surface area contributed by atoms with Crippen molar-refractivity contribution in [3.8, 4) is 0 Å². The monoisotopic (exact) mass is 289 g/mol. The Balaban J connectivity index is 0.000000347. The van der Waals surface area contributed by atoms with Crippen molar-refractivity contribution in [3.63, 3.8) is 0 Å². The number of halogens is 4. The molecule has 0 aliphatic carbocycles. The first kappa shape index (κ1) is 16.8. The summed E-state index contributed by atoms with van der Waals surface area (Å²) >= 11 is 0. The molecule has 2 rings (SSSR count). The second-order valence-electron chi connectivity index (χ2n) is 5.37. The largest absolute Gasteiger partial charge is 0.673 e. The summed E-state index contributed by atoms with van der Waals surface area (Å²) in [7, 11) is -3.77. The Morgan fingerprint density at radius 3 is 2.05 bits per heavy atom. The van der Waals surface area contributed by atoms with Crippen molar-refractivity contribution >= 4 is 7.25 Å². The third-order valence-electron chi connectivity index (χ3n) is 3.76. The molecule has 1 aliphatic rings. The highest BCUT2D eigenvalue weighted by Crippen LogP contribution is 2.35. The molecule has 1 N–H and O–H groups in total. The summed E-state index contributed by atoms with van der Waals surface area (Å²) in [6.07, 6.45) is 3.60. The molecule has 1 nitrogen and oxygen atoms in total. The van der Waals surface area contributed by atoms with Gasteiger partial charge in [0.25, 0.3) is 0 Å². The Labute approximate surface area is 117 Å². The third kappa shape index (κ3) is 5.00. The molecule has 0 spiro atoms. The molecule has 20 heavy (non-hydrogen) atoms. The summed E-state index contributed by atoms with van der Waals surface area (Å²) < 4.78 is 39.0. The highest BCUT2D eigenvalue weighted by Gasteiger charge is 2.33. The zero-order valence-corrected chi connectivity index (χ0v) is 12.0. The van der Waals surface area contributed by atoms with Gasteiger partial charge in [-0.1, -0.05) is 37.3 Å². The molecule has 0 aromatic heterocycles. The van der Waals surface area contributed by atoms with Crippen LogP contribution in [-0.2, 0) is 5.41 Å². The maximum atomic E-state index is 9.75. The van der Waals surface area contributed by atoms with Gasteiger partial charge in [0.15, 0.2) is 0 Å². The van der Waals surface area contributed by atoms with Gasteiger partial charge in [-0.05, 0) is 18.1 Å². The van der Waals surface area contributed by atoms with E-state index in [1.54, 1.807) is 0 Å². The summed E-state index contributed by atoms with van der Waals surface area (Å²) in [5, 5.41) is 0. The van der Waals surface area contributed by atoms with Crippen LogP contribution in [0.3, 0.4) is 0 Å². The Morgan fingerprint density at radius 2 is 1.60 bits per heavy atom. The van der Waals surface area contributed by atoms with Gasteiger partial charge in [-0.2, -0.15) is 0 Å². The van der Waals surface area contributed by atoms with E-state index in [0.717, 1.165) is 0 Å². The van der Waals surface area contributed by atoms with Crippen molar-refractivity contribution in [2.45, 2.75) is 25.7 Å². The molecule has 0 saturated heterocycles. The standard InChI is InChI=1S/C14H19N.BF4/c1-12-11-15(3)10-9-14(12,2)13-7-5-4-6-8-13;2-1(3,4)5/h4-8,11H,9-10H2,1-3H3;/q;-1/p+1. The smallest absolute Gasteiger partial charge is 0.418 e. The predicted molar refractivity (Wildman–Crippen MR) is 74.1 cm³/mol. The molecule has 112 valence electrons. The summed E-state index contributed by atoms with van der Waals surface area (Å²) in [5.41, 5.74) is 3.20. The quantitative estimate of drug-likeness (QED) is 0.598. The summed E-state index contributed by atoms with van der Waals surface area (Å²) in [6.45, 7) is 5.85. The minimum atomic E-state index is -6.00. The molecule has 1 aromatic rings. The van der Waals surface area contributed by atoms with E-state index in [9.17, 15) is 17.3 Å². The van der Waals surface area contributed by atoms with Crippen molar-refractivity contribution in [1.29, 1.82) is 0 Å². The van der Waals surface area contributed by atoms with E-state index in [1.807, 2.05) is 0 Å². The topological polar surface area (TPSA) is 4.44 Å². The van der Waals surface area contributed by atoms with Gasteiger partial charge in [-0.15, -0.1) is 0 Å². The second-order valence-corrected chi connectivity index (χ2v) is 5.37. The molecule has 0 amide bonds. The number of nitrogens with one attached hydrogen (secondary N) is 1. The van der Waals surface area contributed by atoms with Crippen LogP contribution in [0.15, 0.2) is 42.1 Å². The maximum absolute atomic E-state index is 9.75. The van der Waals surface area contributed by atoms with E-state index in [-0.39, 0.29) is 5.41 Å². The number of hydrogen-bond donors (Lipinski definition) is 1. The maximum Gasteiger partial charge on any atom is 0.673 e. The van der Waals surface area contributed by atoms with Crippen molar-refractivity contribution in [1.82, 2.24) is 0 Å². The first-order chi connectivity index (χ1) is 9.13. The normalized spacial score (nSPS) is 26.4. The highest BCUT2D eigenvalue weighted by molar-refractivity contribution is 6.50. The van der Waals surface area contributed by atoms with Gasteiger partial charge < -0.3 is 22.2 Å². The van der Waals surface area contributed by atoms with E-state index in [0.29, 0.717) is 0 Å². The Bertz CT molecular complexity index is 452. The number of benzene rings is 1. The molecule has 1 heterocycles. The zero-order chi connectivity index (χ0) is 15.4. The molecule has 6 heteroatoms. The number of hydrogen-bond acceptors (Lipinski definition) is 0. The molecule has 0 fully saturated rings. The third-order valence-corrected chi connectivity index (χ3v) is 3.76. The van der Waals surface area contributed by atoms with Crippen molar-refractivity contribution in [3.05, 3.63) is 47.7 Å². The van der Waals surface area contributed by atoms with Crippen LogP contribution in [0.4, 0.5) is 17.3 Å². The summed E-state index contributed by atoms with van der Waals surface area (Å²) in [6, 6.07) is 10.9. The van der Waals surface area contributed by atoms with Gasteiger partial charge >= 0.3 is 7.25 Å². The zero-order valence-electron chi connectivity index (χ0n) is 12.0. The Kier molecular flexibility index (Phi) is 5.39. The lowest BCUT2D eigenvalue weighted by Crippen LogP contribution is -3.05. The van der Waals surface area contributed by atoms with Crippen molar-refractivity contribution in [2.75, 3.05) is 13.6 Å². The minimum Gasteiger partial charge on any atom is -0.418 e. The molecule has 1 aromatic carbocycles. The van der Waals surface area contributed by atoms with E-state index in [1.165, 1.54) is 29.0 Å². The molecular weight excluding hydrogens is 269 g/mol. The number of allylic oxidation sites excluding steroid dienone is 1. The van der Waals surface area contributed by atoms with Gasteiger partial charge in [0.1, 0.15) is 0 Å². The van der Waals surface area contributed by atoms with Gasteiger partial charge in [0, 0.05) is 11.8 Å². The van der Waals surface area contributed by atoms with Gasteiger partial charge in [0.05, 0.1) is 19.8 Å². The Hall–Kier alpha value is -1.30. The summed E-state index contributed by atoms with van der Waals surface area (Å²) in [4.78, 5) is 1.51. The Morgan fingerprint density at radius 1 is 1.10 bits per heavy atom. The van der Waals surface area contributed by atoms with Crippen molar-refractivity contribution < 1.29 is 22.2 Å². The molecule has 0 saturated carbocycles. The van der Waals surface area contributed by atoms with Crippen LogP contribution in [0.25, 0.3) is 0 Å². The molecule has 2 unspecified atom stereocenters. The lowest BCUT2D eigenvalue weighted by Gasteiger charge is -2.35. The molecular formula is C14H20BF4N. The minimum absolute atomic E-state index is 0.251. The van der Waals surface area contributed by atoms with Crippen LogP contribution in [-0.4, -0.2) is 20.8 Å². The number of rotatable bonds is 1. The first-order valence-corrected chi connectivity index (χ1v) is 6.57. The van der Waals surface area contributed by atoms with E-state index < -0.39 is 7.25 Å². The molecule has 0 radical (unpaired) electrons. The number of quaternary nitrogens is 1. The van der Waals surface area contributed by atoms with E-state index >= 15 is 0 Å². The molecule has 0 bridgehead atoms. The van der Waals surface area contributed by atoms with Crippen LogP contribution in [0.2, 0.25) is 0 Å². The average molecular weight is 289 g/mol. The predicted octanol–water partition coefficient (Wildman–Crippen LogP) is 3.07. The molecule has 1 aliphatic heterocycles. The molecule has 2 atom stereocenters. The van der Waals surface area contributed by atoms with Gasteiger partial charge in [-0.25, -0.2) is 0 Å². The van der Waals surface area contributed by atoms with Crippen LogP contribution in [0.1, 0.15) is 25.8 Å². The van der Waals surface area contributed by atoms with Gasteiger partial charge in [-0.3, -0.25) is 0 Å². The van der Waals surface area contributed by atoms with Crippen molar-refractivity contribution in [2.24, 2.45) is 0 Å². The lowest BCUT2D eigenvalue weighted by atomic mass is 9.73. The fourth-order valence-electron chi connectivity index (χ4n) is 2.42. The second kappa shape index (κ2) is 6.44. The fraction of sp³-hybridized carbons (Fsp3) is 0.429. The van der Waals surface area contributed by atoms with E-state index in [2.05, 4.69) is 57.4 Å². The SMILES string of the molecule is CC1=C[NH+](C)CCC1(C)c1ccccc1.F[B-](F)(F)F. The first-order valence-electron chi connectivity index (χ1n) is 6.57. The van der Waals surface area contributed by atoms with Gasteiger partial charge in [0.2, 0.25) is 0 Å². The van der Waals surface area contributed by atoms with Crippen LogP contribution < -0.4 is 4.90 Å². The van der Waals surface area contributed by atoms with Crippen LogP contribution >= 0.6 is 0 Å². The average Bonchev–Trinajstić information content (AvgIpc) is 2.33. The van der Waals surface area contributed by atoms with E-state index in [4.69, 9.17) is 0 Å².